The summed E-state index contributed by atoms with van der Waals surface area (Å²) in [6.45, 7) is 7.85. The molecule has 1 aliphatic carbocycles. The molecular formula is C29H38BrFN4O5S. The van der Waals surface area contributed by atoms with Crippen molar-refractivity contribution in [3.63, 3.8) is 0 Å². The van der Waals surface area contributed by atoms with E-state index in [0.29, 0.717) is 12.4 Å². The largest absolute Gasteiger partial charge is 0.493 e. The molecule has 9 nitrogen and oxygen atoms in total. The first kappa shape index (κ1) is 31.4. The number of aliphatic hydroxyl groups is 1. The highest BCUT2D eigenvalue weighted by molar-refractivity contribution is 9.09. The molecule has 1 saturated heterocycles. The van der Waals surface area contributed by atoms with E-state index in [-0.39, 0.29) is 32.4 Å². The second kappa shape index (κ2) is 12.7. The zero-order valence-corrected chi connectivity index (χ0v) is 26.2. The fourth-order valence-corrected chi connectivity index (χ4v) is 5.84. The van der Waals surface area contributed by atoms with Crippen LogP contribution in [0.2, 0.25) is 0 Å². The lowest BCUT2D eigenvalue weighted by atomic mass is 9.85. The molecule has 224 valence electrons. The minimum Gasteiger partial charge on any atom is -0.493 e. The number of rotatable bonds is 11. The molecule has 2 aromatic rings. The highest BCUT2D eigenvalue weighted by Crippen LogP contribution is 2.40. The highest BCUT2D eigenvalue weighted by atomic mass is 79.9. The Bertz CT molecular complexity index is 1280. The van der Waals surface area contributed by atoms with Gasteiger partial charge in [0, 0.05) is 30.4 Å². The van der Waals surface area contributed by atoms with E-state index < -0.39 is 47.0 Å². The smallest absolute Gasteiger partial charge is 0.258 e. The van der Waals surface area contributed by atoms with Crippen LogP contribution in [0.3, 0.4) is 0 Å². The van der Waals surface area contributed by atoms with Crippen LogP contribution in [-0.4, -0.2) is 75.1 Å². The lowest BCUT2D eigenvalue weighted by Crippen LogP contribution is -2.59. The van der Waals surface area contributed by atoms with Gasteiger partial charge >= 0.3 is 0 Å². The molecule has 0 spiro atoms. The Morgan fingerprint density at radius 1 is 1.32 bits per heavy atom. The number of hydrogen-bond donors (Lipinski definition) is 3. The van der Waals surface area contributed by atoms with Crippen LogP contribution in [-0.2, 0) is 20.9 Å². The number of aryl methyl sites for hydroxylation is 1. The maximum atomic E-state index is 14.4. The number of likely N-dealkylation sites (tertiary alicyclic amines) is 1. The number of carbonyl (C=O) groups excluding carboxylic acids is 3. The maximum absolute atomic E-state index is 14.4. The molecule has 1 aliphatic heterocycles. The number of hydrogen-bond acceptors (Lipinski definition) is 7. The van der Waals surface area contributed by atoms with E-state index in [9.17, 15) is 23.9 Å². The van der Waals surface area contributed by atoms with Gasteiger partial charge in [0.1, 0.15) is 17.8 Å². The lowest BCUT2D eigenvalue weighted by molar-refractivity contribution is -0.145. The summed E-state index contributed by atoms with van der Waals surface area (Å²) in [5.41, 5.74) is 1.79. The summed E-state index contributed by atoms with van der Waals surface area (Å²) in [5, 5.41) is 16.7. The van der Waals surface area contributed by atoms with Gasteiger partial charge in [-0.1, -0.05) is 48.8 Å². The average Bonchev–Trinajstić information content (AvgIpc) is 3.33. The average molecular weight is 654 g/mol. The van der Waals surface area contributed by atoms with Crippen molar-refractivity contribution in [1.82, 2.24) is 20.5 Å². The summed E-state index contributed by atoms with van der Waals surface area (Å²) >= 11 is 4.96. The van der Waals surface area contributed by atoms with E-state index in [1.54, 1.807) is 37.6 Å². The van der Waals surface area contributed by atoms with Crippen LogP contribution in [0.25, 0.3) is 10.4 Å². The molecule has 41 heavy (non-hydrogen) atoms. The zero-order chi connectivity index (χ0) is 29.9. The Hall–Kier alpha value is -2.57. The first-order valence-corrected chi connectivity index (χ1v) is 15.8. The minimum atomic E-state index is -1.94. The van der Waals surface area contributed by atoms with Crippen LogP contribution in [0.5, 0.6) is 5.75 Å². The second-order valence-corrected chi connectivity index (χ2v) is 13.5. The van der Waals surface area contributed by atoms with Gasteiger partial charge in [-0.05, 0) is 43.2 Å². The van der Waals surface area contributed by atoms with Crippen molar-refractivity contribution in [3.05, 3.63) is 35.0 Å². The maximum Gasteiger partial charge on any atom is 0.258 e. The number of halogens is 2. The molecule has 2 unspecified atom stereocenters. The molecule has 2 aliphatic rings. The molecule has 3 amide bonds. The third-order valence-electron chi connectivity index (χ3n) is 7.41. The number of aliphatic hydroxyl groups excluding tert-OH is 1. The van der Waals surface area contributed by atoms with E-state index in [4.69, 9.17) is 4.74 Å². The Labute approximate surface area is 252 Å². The van der Waals surface area contributed by atoms with Crippen molar-refractivity contribution >= 4 is 45.0 Å². The van der Waals surface area contributed by atoms with Crippen LogP contribution in [0, 0.1) is 12.3 Å². The number of aromatic nitrogens is 1. The van der Waals surface area contributed by atoms with Gasteiger partial charge in [0.25, 0.3) is 5.91 Å². The number of nitrogens with zero attached hydrogens (tertiary/aromatic N) is 2. The number of ether oxygens (including phenoxy) is 1. The molecule has 0 radical (unpaired) electrons. The molecule has 1 aromatic heterocycles. The molecular weight excluding hydrogens is 615 g/mol. The zero-order valence-electron chi connectivity index (χ0n) is 23.8. The third-order valence-corrected chi connectivity index (χ3v) is 8.95. The fraction of sp³-hybridized carbons (Fsp3) is 0.586. The Morgan fingerprint density at radius 2 is 2.05 bits per heavy atom. The molecule has 0 bridgehead atoms. The van der Waals surface area contributed by atoms with Crippen molar-refractivity contribution in [3.8, 4) is 16.2 Å². The van der Waals surface area contributed by atoms with Crippen molar-refractivity contribution in [2.45, 2.75) is 83.8 Å². The summed E-state index contributed by atoms with van der Waals surface area (Å²) < 4.78 is 20.5. The van der Waals surface area contributed by atoms with Crippen LogP contribution in [0.4, 0.5) is 4.39 Å². The monoisotopic (exact) mass is 652 g/mol. The molecule has 3 atom stereocenters. The van der Waals surface area contributed by atoms with E-state index in [1.165, 1.54) is 4.90 Å². The summed E-state index contributed by atoms with van der Waals surface area (Å²) in [6, 6.07) is 3.82. The summed E-state index contributed by atoms with van der Waals surface area (Å²) in [5.74, 6) is -1.11. The van der Waals surface area contributed by atoms with E-state index >= 15 is 0 Å². The summed E-state index contributed by atoms with van der Waals surface area (Å²) in [4.78, 5) is 46.2. The summed E-state index contributed by atoms with van der Waals surface area (Å²) in [7, 11) is 0. The quantitative estimate of drug-likeness (QED) is 0.250. The van der Waals surface area contributed by atoms with Crippen LogP contribution in [0.15, 0.2) is 23.7 Å². The van der Waals surface area contributed by atoms with Gasteiger partial charge in [-0.2, -0.15) is 0 Å². The van der Waals surface area contributed by atoms with Crippen LogP contribution in [0.1, 0.15) is 57.7 Å². The Balaban J connectivity index is 1.49. The number of nitrogens with one attached hydrogen (secondary N) is 2. The number of carbonyl (C=O) groups is 3. The lowest BCUT2D eigenvalue weighted by Gasteiger charge is -2.35. The van der Waals surface area contributed by atoms with E-state index in [2.05, 4.69) is 31.5 Å². The van der Waals surface area contributed by atoms with Crippen molar-refractivity contribution in [2.24, 2.45) is 5.41 Å². The van der Waals surface area contributed by atoms with Crippen molar-refractivity contribution in [2.75, 3.05) is 18.5 Å². The Morgan fingerprint density at radius 3 is 2.66 bits per heavy atom. The molecule has 2 fully saturated rings. The van der Waals surface area contributed by atoms with Crippen molar-refractivity contribution in [1.29, 1.82) is 0 Å². The molecule has 12 heteroatoms. The van der Waals surface area contributed by atoms with E-state index in [0.717, 1.165) is 33.4 Å². The predicted molar refractivity (Wildman–Crippen MR) is 159 cm³/mol. The molecule has 4 rings (SSSR count). The van der Waals surface area contributed by atoms with Gasteiger partial charge in [-0.15, -0.1) is 11.3 Å². The molecule has 3 N–H and O–H groups in total. The number of alkyl halides is 2. The molecule has 1 saturated carbocycles. The fourth-order valence-electron chi connectivity index (χ4n) is 4.81. The number of amides is 3. The SMILES string of the molecule is Cc1ncsc1-c1ccc(CNC(=O)C2CC(O)CN2C(=O)[C@@H](NC(=O)C2(F)CC2)C(C)(C)C)c(OCCCBr)c1. The highest BCUT2D eigenvalue weighted by Gasteiger charge is 2.53. The third kappa shape index (κ3) is 7.45. The topological polar surface area (TPSA) is 121 Å². The number of β-amino-alcohol motifs (C(OH)–C–C–N with tert-alkyl or cyclic N) is 1. The molecule has 2 heterocycles. The van der Waals surface area contributed by atoms with Gasteiger partial charge < -0.3 is 25.4 Å². The first-order valence-electron chi connectivity index (χ1n) is 13.8. The van der Waals surface area contributed by atoms with Crippen LogP contribution < -0.4 is 15.4 Å². The van der Waals surface area contributed by atoms with Gasteiger partial charge in [0.2, 0.25) is 11.8 Å². The number of benzene rings is 1. The first-order chi connectivity index (χ1) is 19.3. The Kier molecular flexibility index (Phi) is 9.75. The van der Waals surface area contributed by atoms with Gasteiger partial charge in [0.05, 0.1) is 28.8 Å². The van der Waals surface area contributed by atoms with Gasteiger partial charge in [-0.25, -0.2) is 9.37 Å². The van der Waals surface area contributed by atoms with Crippen LogP contribution >= 0.6 is 27.3 Å². The van der Waals surface area contributed by atoms with Gasteiger partial charge in [-0.3, -0.25) is 14.4 Å². The predicted octanol–water partition coefficient (Wildman–Crippen LogP) is 3.89. The van der Waals surface area contributed by atoms with Gasteiger partial charge in [0.15, 0.2) is 5.67 Å². The minimum absolute atomic E-state index is 0.0516. The standard InChI is InChI=1S/C29H38BrFN4O5S/c1-17-23(41-16-33-17)18-6-7-19(22(12-18)40-11-5-10-30)14-32-25(37)21-13-20(36)15-35(21)26(38)24(28(2,3)4)34-27(39)29(31)8-9-29/h6-7,12,16,20-21,24,36H,5,8-11,13-15H2,1-4H3,(H,32,37)(H,34,39)/t20?,21?,24-/m1/s1. The van der Waals surface area contributed by atoms with E-state index in [1.807, 2.05) is 25.1 Å². The molecule has 1 aromatic carbocycles. The number of thiazole rings is 1. The van der Waals surface area contributed by atoms with Crippen molar-refractivity contribution < 1.29 is 28.6 Å². The second-order valence-electron chi connectivity index (χ2n) is 11.8. The summed E-state index contributed by atoms with van der Waals surface area (Å²) in [6.07, 6.45) is 0.232. The normalized spacial score (nSPS) is 20.4.